The van der Waals surface area contributed by atoms with Gasteiger partial charge in [0.25, 0.3) is 0 Å². The summed E-state index contributed by atoms with van der Waals surface area (Å²) in [5, 5.41) is -0.148. The predicted octanol–water partition coefficient (Wildman–Crippen LogP) is 4.29. The van der Waals surface area contributed by atoms with Crippen LogP contribution in [0.5, 0.6) is 5.75 Å². The maximum atomic E-state index is 12.4. The number of ketones is 1. The number of hydrogen-bond acceptors (Lipinski definition) is 4. The minimum Gasteiger partial charge on any atom is -0.497 e. The molecule has 3 nitrogen and oxygen atoms in total. The average Bonchev–Trinajstić information content (AvgIpc) is 2.54. The van der Waals surface area contributed by atoms with E-state index in [0.29, 0.717) is 17.7 Å². The van der Waals surface area contributed by atoms with Crippen molar-refractivity contribution in [3.8, 4) is 5.75 Å². The number of carbonyl (C=O) groups is 2. The molecule has 0 unspecified atom stereocenters. The Balaban J connectivity index is 2.15. The highest BCUT2D eigenvalue weighted by molar-refractivity contribution is 8.13. The summed E-state index contributed by atoms with van der Waals surface area (Å²) >= 11 is 1.20. The van der Waals surface area contributed by atoms with Gasteiger partial charge in [0.15, 0.2) is 10.9 Å². The van der Waals surface area contributed by atoms with Gasteiger partial charge in [0.05, 0.1) is 7.11 Å². The van der Waals surface area contributed by atoms with Gasteiger partial charge in [-0.1, -0.05) is 42.1 Å². The topological polar surface area (TPSA) is 43.4 Å². The molecule has 0 saturated heterocycles. The number of rotatable bonds is 6. The minimum atomic E-state index is -0.159. The molecule has 0 bridgehead atoms. The summed E-state index contributed by atoms with van der Waals surface area (Å²) in [6.07, 6.45) is 0.292. The van der Waals surface area contributed by atoms with Crippen LogP contribution in [-0.2, 0) is 4.79 Å². The highest BCUT2D eigenvalue weighted by Crippen LogP contribution is 2.33. The van der Waals surface area contributed by atoms with E-state index >= 15 is 0 Å². The van der Waals surface area contributed by atoms with Crippen molar-refractivity contribution < 1.29 is 14.3 Å². The molecule has 0 aliphatic heterocycles. The second kappa shape index (κ2) is 7.80. The lowest BCUT2D eigenvalue weighted by Gasteiger charge is -2.14. The summed E-state index contributed by atoms with van der Waals surface area (Å²) in [5.41, 5.74) is 1.62. The Labute approximate surface area is 134 Å². The molecule has 0 aliphatic carbocycles. The summed E-state index contributed by atoms with van der Waals surface area (Å²) in [4.78, 5) is 23.9. The van der Waals surface area contributed by atoms with Crippen LogP contribution < -0.4 is 4.74 Å². The second-order valence-corrected chi connectivity index (χ2v) is 6.24. The van der Waals surface area contributed by atoms with Gasteiger partial charge >= 0.3 is 0 Å². The molecule has 0 N–H and O–H groups in total. The van der Waals surface area contributed by atoms with Crippen molar-refractivity contribution in [3.63, 3.8) is 0 Å². The van der Waals surface area contributed by atoms with E-state index in [1.807, 2.05) is 30.3 Å². The zero-order chi connectivity index (χ0) is 15.9. The summed E-state index contributed by atoms with van der Waals surface area (Å²) in [6.45, 7) is 1.53. The first kappa shape index (κ1) is 16.3. The lowest BCUT2D eigenvalue weighted by Crippen LogP contribution is -2.07. The predicted molar refractivity (Wildman–Crippen MR) is 89.4 cm³/mol. The van der Waals surface area contributed by atoms with E-state index in [4.69, 9.17) is 4.74 Å². The molecule has 0 amide bonds. The number of thioether (sulfide) groups is 1. The van der Waals surface area contributed by atoms with E-state index in [-0.39, 0.29) is 16.1 Å². The molecule has 2 aromatic rings. The fourth-order valence-electron chi connectivity index (χ4n) is 2.16. The third kappa shape index (κ3) is 4.46. The number of carbonyl (C=O) groups excluding carboxylic acids is 2. The molecule has 0 heterocycles. The highest BCUT2D eigenvalue weighted by atomic mass is 32.2. The Morgan fingerprint density at radius 2 is 1.68 bits per heavy atom. The van der Waals surface area contributed by atoms with E-state index < -0.39 is 0 Å². The van der Waals surface area contributed by atoms with Gasteiger partial charge in [0.2, 0.25) is 0 Å². The van der Waals surface area contributed by atoms with Crippen LogP contribution >= 0.6 is 11.8 Å². The zero-order valence-electron chi connectivity index (χ0n) is 12.6. The molecular formula is C18H18O3S. The zero-order valence-corrected chi connectivity index (χ0v) is 13.4. The van der Waals surface area contributed by atoms with Gasteiger partial charge in [0.1, 0.15) is 5.75 Å². The standard InChI is InChI=1S/C18H18O3S/c1-13(19)22-18(15-6-4-3-5-7-15)12-17(20)14-8-10-16(21-2)11-9-14/h3-11,18H,12H2,1-2H3/t18-/m1/s1. The third-order valence-electron chi connectivity index (χ3n) is 3.26. The summed E-state index contributed by atoms with van der Waals surface area (Å²) in [5.74, 6) is 0.736. The number of hydrogen-bond donors (Lipinski definition) is 0. The Hall–Kier alpha value is -2.07. The van der Waals surface area contributed by atoms with Crippen LogP contribution in [0.4, 0.5) is 0 Å². The number of Topliss-reactive ketones (excluding diaryl/α,β-unsaturated/α-hetero) is 1. The molecule has 0 radical (unpaired) electrons. The minimum absolute atomic E-state index is 0.0105. The van der Waals surface area contributed by atoms with Crippen molar-refractivity contribution >= 4 is 22.7 Å². The van der Waals surface area contributed by atoms with Crippen LogP contribution in [0.2, 0.25) is 0 Å². The quantitative estimate of drug-likeness (QED) is 0.746. The number of methoxy groups -OCH3 is 1. The molecule has 0 aromatic heterocycles. The van der Waals surface area contributed by atoms with Crippen molar-refractivity contribution in [1.29, 1.82) is 0 Å². The smallest absolute Gasteiger partial charge is 0.186 e. The van der Waals surface area contributed by atoms with Crippen molar-refractivity contribution in [1.82, 2.24) is 0 Å². The molecule has 114 valence electrons. The molecule has 0 saturated carbocycles. The first-order valence-electron chi connectivity index (χ1n) is 6.99. The molecular weight excluding hydrogens is 296 g/mol. The average molecular weight is 314 g/mol. The summed E-state index contributed by atoms with van der Waals surface area (Å²) < 4.78 is 5.09. The first-order chi connectivity index (χ1) is 10.6. The van der Waals surface area contributed by atoms with Crippen LogP contribution in [0.3, 0.4) is 0 Å². The van der Waals surface area contributed by atoms with Crippen LogP contribution in [0, 0.1) is 0 Å². The fraction of sp³-hybridized carbons (Fsp3) is 0.222. The van der Waals surface area contributed by atoms with Gasteiger partial charge in [0, 0.05) is 24.2 Å². The Morgan fingerprint density at radius 1 is 1.05 bits per heavy atom. The van der Waals surface area contributed by atoms with Gasteiger partial charge in [-0.3, -0.25) is 9.59 Å². The highest BCUT2D eigenvalue weighted by Gasteiger charge is 2.19. The van der Waals surface area contributed by atoms with Crippen LogP contribution in [0.25, 0.3) is 0 Å². The Morgan fingerprint density at radius 3 is 2.23 bits per heavy atom. The monoisotopic (exact) mass is 314 g/mol. The molecule has 2 aromatic carbocycles. The van der Waals surface area contributed by atoms with E-state index in [0.717, 1.165) is 5.56 Å². The van der Waals surface area contributed by atoms with E-state index in [9.17, 15) is 9.59 Å². The van der Waals surface area contributed by atoms with E-state index in [1.54, 1.807) is 31.4 Å². The van der Waals surface area contributed by atoms with E-state index in [1.165, 1.54) is 18.7 Å². The first-order valence-corrected chi connectivity index (χ1v) is 7.87. The maximum absolute atomic E-state index is 12.4. The van der Waals surface area contributed by atoms with Gasteiger partial charge in [-0.25, -0.2) is 0 Å². The van der Waals surface area contributed by atoms with Gasteiger partial charge in [-0.2, -0.15) is 0 Å². The van der Waals surface area contributed by atoms with Gasteiger partial charge < -0.3 is 4.74 Å². The SMILES string of the molecule is COc1ccc(C(=O)C[C@@H](SC(C)=O)c2ccccc2)cc1. The maximum Gasteiger partial charge on any atom is 0.186 e. The molecule has 0 spiro atoms. The fourth-order valence-corrected chi connectivity index (χ4v) is 3.09. The molecule has 4 heteroatoms. The second-order valence-electron chi connectivity index (χ2n) is 4.86. The van der Waals surface area contributed by atoms with Crippen LogP contribution in [0.1, 0.15) is 34.5 Å². The van der Waals surface area contributed by atoms with Gasteiger partial charge in [-0.15, -0.1) is 0 Å². The number of benzene rings is 2. The Kier molecular flexibility index (Phi) is 5.78. The molecule has 0 fully saturated rings. The summed E-state index contributed by atoms with van der Waals surface area (Å²) in [7, 11) is 1.59. The Bertz CT molecular complexity index is 635. The molecule has 22 heavy (non-hydrogen) atoms. The normalized spacial score (nSPS) is 11.7. The largest absolute Gasteiger partial charge is 0.497 e. The summed E-state index contributed by atoms with van der Waals surface area (Å²) in [6, 6.07) is 16.7. The van der Waals surface area contributed by atoms with Crippen LogP contribution in [0.15, 0.2) is 54.6 Å². The van der Waals surface area contributed by atoms with Crippen molar-refractivity contribution in [2.45, 2.75) is 18.6 Å². The number of ether oxygens (including phenoxy) is 1. The van der Waals surface area contributed by atoms with Crippen molar-refractivity contribution in [2.75, 3.05) is 7.11 Å². The lowest BCUT2D eigenvalue weighted by atomic mass is 10.0. The van der Waals surface area contributed by atoms with Crippen molar-refractivity contribution in [3.05, 3.63) is 65.7 Å². The van der Waals surface area contributed by atoms with Crippen LogP contribution in [-0.4, -0.2) is 18.0 Å². The third-order valence-corrected chi connectivity index (χ3v) is 4.32. The molecule has 2 rings (SSSR count). The molecule has 1 atom stereocenters. The molecule has 0 aliphatic rings. The lowest BCUT2D eigenvalue weighted by molar-refractivity contribution is -0.109. The van der Waals surface area contributed by atoms with E-state index in [2.05, 4.69) is 0 Å². The van der Waals surface area contributed by atoms with Crippen molar-refractivity contribution in [2.24, 2.45) is 0 Å². The van der Waals surface area contributed by atoms with Gasteiger partial charge in [-0.05, 0) is 29.8 Å².